The molecule has 0 atom stereocenters. The molecular weight excluding hydrogens is 386 g/mol. The number of nitrogens with zero attached hydrogens (tertiary/aromatic N) is 2. The number of ether oxygens (including phenoxy) is 2. The van der Waals surface area contributed by atoms with Crippen LogP contribution in [-0.2, 0) is 27.4 Å². The topological polar surface area (TPSA) is 95.6 Å². The van der Waals surface area contributed by atoms with Crippen molar-refractivity contribution in [3.8, 4) is 0 Å². The molecule has 8 nitrogen and oxygen atoms in total. The van der Waals surface area contributed by atoms with E-state index in [0.29, 0.717) is 30.8 Å². The number of carbonyl (C=O) groups is 2. The van der Waals surface area contributed by atoms with Crippen molar-refractivity contribution in [2.45, 2.75) is 40.3 Å². The van der Waals surface area contributed by atoms with E-state index in [9.17, 15) is 9.59 Å². The van der Waals surface area contributed by atoms with E-state index in [1.807, 2.05) is 49.7 Å². The second kappa shape index (κ2) is 10.1. The van der Waals surface area contributed by atoms with Crippen LogP contribution < -0.4 is 5.32 Å². The zero-order valence-corrected chi connectivity index (χ0v) is 17.6. The fraction of sp³-hybridized carbons (Fsp3) is 0.409. The molecule has 3 rings (SSSR count). The summed E-state index contributed by atoms with van der Waals surface area (Å²) in [6.07, 6.45) is 0.726. The Morgan fingerprint density at radius 2 is 2.03 bits per heavy atom. The van der Waals surface area contributed by atoms with Crippen LogP contribution in [0.15, 0.2) is 34.7 Å². The second-order valence-corrected chi connectivity index (χ2v) is 6.97. The Labute approximate surface area is 175 Å². The number of furan rings is 1. The van der Waals surface area contributed by atoms with Crippen LogP contribution in [0.3, 0.4) is 0 Å². The summed E-state index contributed by atoms with van der Waals surface area (Å²) in [7, 11) is 0. The number of hydrogen-bond acceptors (Lipinski definition) is 6. The maximum atomic E-state index is 12.5. The third-order valence-corrected chi connectivity index (χ3v) is 4.64. The van der Waals surface area contributed by atoms with E-state index >= 15 is 0 Å². The molecule has 2 aromatic heterocycles. The summed E-state index contributed by atoms with van der Waals surface area (Å²) in [6, 6.07) is 9.33. The lowest BCUT2D eigenvalue weighted by Crippen LogP contribution is -2.30. The number of nitrogens with one attached hydrogen (secondary N) is 1. The summed E-state index contributed by atoms with van der Waals surface area (Å²) in [4.78, 5) is 24.5. The van der Waals surface area contributed by atoms with Crippen LogP contribution in [0.5, 0.6) is 0 Å². The molecule has 160 valence electrons. The predicted octanol–water partition coefficient (Wildman–Crippen LogP) is 3.15. The van der Waals surface area contributed by atoms with Crippen molar-refractivity contribution in [2.24, 2.45) is 0 Å². The number of aryl methyl sites for hydroxylation is 3. The lowest BCUT2D eigenvalue weighted by Gasteiger charge is -2.08. The third kappa shape index (κ3) is 5.27. The van der Waals surface area contributed by atoms with Gasteiger partial charge in [0.15, 0.2) is 6.61 Å². The van der Waals surface area contributed by atoms with E-state index < -0.39 is 5.97 Å². The zero-order valence-electron chi connectivity index (χ0n) is 17.6. The van der Waals surface area contributed by atoms with Crippen LogP contribution >= 0.6 is 0 Å². The van der Waals surface area contributed by atoms with E-state index in [0.717, 1.165) is 23.2 Å². The molecule has 1 amide bonds. The summed E-state index contributed by atoms with van der Waals surface area (Å²) >= 11 is 0. The first-order valence-electron chi connectivity index (χ1n) is 10.0. The smallest absolute Gasteiger partial charge is 0.375 e. The molecule has 0 fully saturated rings. The van der Waals surface area contributed by atoms with Gasteiger partial charge in [0, 0.05) is 36.3 Å². The van der Waals surface area contributed by atoms with Gasteiger partial charge in [-0.2, -0.15) is 5.10 Å². The van der Waals surface area contributed by atoms with Crippen molar-refractivity contribution in [3.05, 3.63) is 53.0 Å². The van der Waals surface area contributed by atoms with Gasteiger partial charge in [0.1, 0.15) is 5.58 Å². The Kier molecular flexibility index (Phi) is 7.24. The highest BCUT2D eigenvalue weighted by Gasteiger charge is 2.22. The van der Waals surface area contributed by atoms with Crippen molar-refractivity contribution in [1.82, 2.24) is 15.1 Å². The van der Waals surface area contributed by atoms with Crippen molar-refractivity contribution in [3.63, 3.8) is 0 Å². The summed E-state index contributed by atoms with van der Waals surface area (Å²) in [5, 5.41) is 7.93. The number of para-hydroxylation sites is 1. The maximum Gasteiger partial charge on any atom is 0.375 e. The average Bonchev–Trinajstić information content (AvgIpc) is 3.26. The Bertz CT molecular complexity index is 1020. The molecule has 0 saturated heterocycles. The lowest BCUT2D eigenvalue weighted by molar-refractivity contribution is -0.124. The number of amides is 1. The van der Waals surface area contributed by atoms with Crippen molar-refractivity contribution in [2.75, 3.05) is 19.8 Å². The summed E-state index contributed by atoms with van der Waals surface area (Å²) in [6.45, 7) is 7.36. The number of carbonyl (C=O) groups excluding carboxylic acids is 2. The molecule has 2 heterocycles. The molecule has 8 heteroatoms. The van der Waals surface area contributed by atoms with Gasteiger partial charge >= 0.3 is 5.97 Å². The van der Waals surface area contributed by atoms with Gasteiger partial charge < -0.3 is 19.2 Å². The zero-order chi connectivity index (χ0) is 21.5. The van der Waals surface area contributed by atoms with Gasteiger partial charge in [0.05, 0.1) is 12.3 Å². The standard InChI is InChI=1S/C22H27N3O5/c1-4-28-13-18-17-8-5-6-9-19(17)30-21(18)22(27)29-14-20(26)23-10-7-11-25-16(3)12-15(2)24-25/h5-6,8-9,12H,4,7,10-11,13-14H2,1-3H3,(H,23,26). The molecular formula is C22H27N3O5. The first-order chi connectivity index (χ1) is 14.5. The molecule has 3 aromatic rings. The first-order valence-corrected chi connectivity index (χ1v) is 10.0. The Hall–Kier alpha value is -3.13. The van der Waals surface area contributed by atoms with Crippen molar-refractivity contribution < 1.29 is 23.5 Å². The third-order valence-electron chi connectivity index (χ3n) is 4.64. The molecule has 1 aromatic carbocycles. The van der Waals surface area contributed by atoms with Crippen LogP contribution in [0.1, 0.15) is 40.9 Å². The Balaban J connectivity index is 1.50. The van der Waals surface area contributed by atoms with Gasteiger partial charge in [-0.1, -0.05) is 18.2 Å². The quantitative estimate of drug-likeness (QED) is 0.405. The highest BCUT2D eigenvalue weighted by Crippen LogP contribution is 2.27. The maximum absolute atomic E-state index is 12.5. The van der Waals surface area contributed by atoms with Crippen molar-refractivity contribution in [1.29, 1.82) is 0 Å². The minimum absolute atomic E-state index is 0.0713. The lowest BCUT2D eigenvalue weighted by atomic mass is 10.1. The minimum Gasteiger partial charge on any atom is -0.450 e. The van der Waals surface area contributed by atoms with E-state index in [2.05, 4.69) is 10.4 Å². The number of fused-ring (bicyclic) bond motifs is 1. The van der Waals surface area contributed by atoms with Gasteiger partial charge in [0.2, 0.25) is 5.76 Å². The highest BCUT2D eigenvalue weighted by atomic mass is 16.5. The predicted molar refractivity (Wildman–Crippen MR) is 111 cm³/mol. The number of benzene rings is 1. The Morgan fingerprint density at radius 1 is 1.23 bits per heavy atom. The van der Waals surface area contributed by atoms with E-state index in [-0.39, 0.29) is 24.9 Å². The molecule has 1 N–H and O–H groups in total. The monoisotopic (exact) mass is 413 g/mol. The molecule has 30 heavy (non-hydrogen) atoms. The molecule has 0 spiro atoms. The summed E-state index contributed by atoms with van der Waals surface area (Å²) in [5.41, 5.74) is 3.26. The van der Waals surface area contributed by atoms with Crippen LogP contribution in [-0.4, -0.2) is 41.4 Å². The SMILES string of the molecule is CCOCc1c(C(=O)OCC(=O)NCCCn2nc(C)cc2C)oc2ccccc12. The summed E-state index contributed by atoms with van der Waals surface area (Å²) < 4.78 is 18.2. The second-order valence-electron chi connectivity index (χ2n) is 6.97. The molecule has 0 unspecified atom stereocenters. The molecule has 0 radical (unpaired) electrons. The van der Waals surface area contributed by atoms with Gasteiger partial charge in [-0.15, -0.1) is 0 Å². The Morgan fingerprint density at radius 3 is 2.77 bits per heavy atom. The van der Waals surface area contributed by atoms with Crippen LogP contribution in [0.2, 0.25) is 0 Å². The van der Waals surface area contributed by atoms with Gasteiger partial charge in [-0.05, 0) is 39.3 Å². The van der Waals surface area contributed by atoms with Crippen LogP contribution in [0.4, 0.5) is 0 Å². The van der Waals surface area contributed by atoms with Gasteiger partial charge in [0.25, 0.3) is 5.91 Å². The number of esters is 1. The van der Waals surface area contributed by atoms with E-state index in [1.165, 1.54) is 0 Å². The highest BCUT2D eigenvalue weighted by molar-refractivity contribution is 5.96. The minimum atomic E-state index is -0.682. The number of aromatic nitrogens is 2. The summed E-state index contributed by atoms with van der Waals surface area (Å²) in [5.74, 6) is -0.972. The fourth-order valence-electron chi connectivity index (χ4n) is 3.22. The largest absolute Gasteiger partial charge is 0.450 e. The van der Waals surface area contributed by atoms with E-state index in [1.54, 1.807) is 6.07 Å². The van der Waals surface area contributed by atoms with Crippen LogP contribution in [0, 0.1) is 13.8 Å². The number of hydrogen-bond donors (Lipinski definition) is 1. The average molecular weight is 413 g/mol. The van der Waals surface area contributed by atoms with Crippen molar-refractivity contribution >= 4 is 22.8 Å². The molecule has 0 aliphatic rings. The normalized spacial score (nSPS) is 11.0. The van der Waals surface area contributed by atoms with Gasteiger partial charge in [-0.3, -0.25) is 9.48 Å². The molecule has 0 aliphatic heterocycles. The number of rotatable bonds is 10. The first kappa shape index (κ1) is 21.6. The fourth-order valence-corrected chi connectivity index (χ4v) is 3.22. The van der Waals surface area contributed by atoms with Gasteiger partial charge in [-0.25, -0.2) is 4.79 Å². The molecule has 0 saturated carbocycles. The van der Waals surface area contributed by atoms with E-state index in [4.69, 9.17) is 13.9 Å². The van der Waals surface area contributed by atoms with Crippen LogP contribution in [0.25, 0.3) is 11.0 Å². The molecule has 0 aliphatic carbocycles. The molecule has 0 bridgehead atoms.